The summed E-state index contributed by atoms with van der Waals surface area (Å²) in [5.41, 5.74) is 2.28. The Balaban J connectivity index is 1.77. The summed E-state index contributed by atoms with van der Waals surface area (Å²) in [6.45, 7) is -0.300. The summed E-state index contributed by atoms with van der Waals surface area (Å²) in [4.78, 5) is 27.9. The van der Waals surface area contributed by atoms with Gasteiger partial charge < -0.3 is 10.6 Å². The standard InChI is InChI=1S/C19H14Cl2N4O2S/c20-17-12(11-4-2-1-3-5-11)8-13-19(18(17)21)25-16(28-13)9-14(26)24-10-15(27)23-7-6-22/h1-5,8H,7,9-10H2,(H,23,27)(H,24,26). The fourth-order valence-electron chi connectivity index (χ4n) is 2.53. The molecule has 1 aromatic heterocycles. The van der Waals surface area contributed by atoms with Crippen molar-refractivity contribution in [1.29, 1.82) is 5.26 Å². The molecule has 6 nitrogen and oxygen atoms in total. The summed E-state index contributed by atoms with van der Waals surface area (Å²) in [5, 5.41) is 14.6. The number of nitriles is 1. The van der Waals surface area contributed by atoms with Gasteiger partial charge in [-0.15, -0.1) is 11.3 Å². The second-order valence-corrected chi connectivity index (χ2v) is 7.63. The second kappa shape index (κ2) is 9.02. The molecule has 28 heavy (non-hydrogen) atoms. The molecule has 0 saturated heterocycles. The third-order valence-corrected chi connectivity index (χ3v) is 5.68. The van der Waals surface area contributed by atoms with E-state index in [1.807, 2.05) is 36.4 Å². The maximum atomic E-state index is 12.1. The van der Waals surface area contributed by atoms with E-state index < -0.39 is 5.91 Å². The molecular formula is C19H14Cl2N4O2S. The van der Waals surface area contributed by atoms with Crippen molar-refractivity contribution < 1.29 is 9.59 Å². The van der Waals surface area contributed by atoms with Gasteiger partial charge in [0.05, 0.1) is 33.8 Å². The molecule has 2 amide bonds. The summed E-state index contributed by atoms with van der Waals surface area (Å²) in [6, 6.07) is 13.3. The van der Waals surface area contributed by atoms with Gasteiger partial charge in [0.1, 0.15) is 17.1 Å². The van der Waals surface area contributed by atoms with Gasteiger partial charge in [-0.3, -0.25) is 9.59 Å². The van der Waals surface area contributed by atoms with Crippen LogP contribution in [0.4, 0.5) is 0 Å². The highest BCUT2D eigenvalue weighted by molar-refractivity contribution is 7.18. The molecule has 0 unspecified atom stereocenters. The Morgan fingerprint density at radius 1 is 1.11 bits per heavy atom. The molecule has 0 fully saturated rings. The van der Waals surface area contributed by atoms with Crippen LogP contribution in [0.15, 0.2) is 36.4 Å². The number of hydrogen-bond acceptors (Lipinski definition) is 5. The van der Waals surface area contributed by atoms with E-state index >= 15 is 0 Å². The number of nitrogens with one attached hydrogen (secondary N) is 2. The monoisotopic (exact) mass is 432 g/mol. The Kier molecular flexibility index (Phi) is 6.47. The zero-order valence-corrected chi connectivity index (χ0v) is 16.8. The van der Waals surface area contributed by atoms with Crippen LogP contribution in [-0.4, -0.2) is 29.9 Å². The first-order valence-corrected chi connectivity index (χ1v) is 9.80. The summed E-state index contributed by atoms with van der Waals surface area (Å²) in [7, 11) is 0. The molecule has 0 bridgehead atoms. The quantitative estimate of drug-likeness (QED) is 0.581. The first-order chi connectivity index (χ1) is 13.5. The largest absolute Gasteiger partial charge is 0.347 e. The number of amides is 2. The Morgan fingerprint density at radius 2 is 1.86 bits per heavy atom. The van der Waals surface area contributed by atoms with Crippen LogP contribution in [0.5, 0.6) is 0 Å². The minimum absolute atomic E-state index is 0.0134. The number of halogens is 2. The third-order valence-electron chi connectivity index (χ3n) is 3.82. The van der Waals surface area contributed by atoms with Crippen LogP contribution in [0.3, 0.4) is 0 Å². The van der Waals surface area contributed by atoms with Crippen LogP contribution < -0.4 is 10.6 Å². The molecular weight excluding hydrogens is 419 g/mol. The predicted octanol–water partition coefficient (Wildman–Crippen LogP) is 3.57. The van der Waals surface area contributed by atoms with Gasteiger partial charge in [-0.05, 0) is 11.6 Å². The van der Waals surface area contributed by atoms with Crippen molar-refractivity contribution in [3.63, 3.8) is 0 Å². The number of hydrogen-bond donors (Lipinski definition) is 2. The van der Waals surface area contributed by atoms with Crippen molar-refractivity contribution in [2.24, 2.45) is 0 Å². The molecule has 3 rings (SSSR count). The van der Waals surface area contributed by atoms with E-state index in [0.29, 0.717) is 20.6 Å². The molecule has 9 heteroatoms. The summed E-state index contributed by atoms with van der Waals surface area (Å²) in [5.74, 6) is -0.779. The number of fused-ring (bicyclic) bond motifs is 1. The maximum Gasteiger partial charge on any atom is 0.240 e. The lowest BCUT2D eigenvalue weighted by Crippen LogP contribution is -2.37. The molecule has 0 radical (unpaired) electrons. The third kappa shape index (κ3) is 4.60. The number of carbonyl (C=O) groups excluding carboxylic acids is 2. The molecule has 1 heterocycles. The summed E-state index contributed by atoms with van der Waals surface area (Å²) < 4.78 is 0.822. The number of benzene rings is 2. The Bertz CT molecular complexity index is 1080. The minimum Gasteiger partial charge on any atom is -0.347 e. The van der Waals surface area contributed by atoms with Crippen LogP contribution in [-0.2, 0) is 16.0 Å². The fraction of sp³-hybridized carbons (Fsp3) is 0.158. The van der Waals surface area contributed by atoms with E-state index in [9.17, 15) is 9.59 Å². The first kappa shape index (κ1) is 20.1. The number of thiazole rings is 1. The maximum absolute atomic E-state index is 12.1. The zero-order valence-electron chi connectivity index (χ0n) is 14.5. The van der Waals surface area contributed by atoms with E-state index in [4.69, 9.17) is 28.5 Å². The van der Waals surface area contributed by atoms with Gasteiger partial charge in [0.15, 0.2) is 0 Å². The Labute approximate surface area is 175 Å². The van der Waals surface area contributed by atoms with Crippen LogP contribution in [0.1, 0.15) is 5.01 Å². The van der Waals surface area contributed by atoms with Crippen molar-refractivity contribution in [2.75, 3.05) is 13.1 Å². The van der Waals surface area contributed by atoms with Crippen molar-refractivity contribution >= 4 is 56.6 Å². The van der Waals surface area contributed by atoms with Gasteiger partial charge in [0.25, 0.3) is 0 Å². The fourth-order valence-corrected chi connectivity index (χ4v) is 4.10. The number of nitrogens with zero attached hydrogens (tertiary/aromatic N) is 2. The lowest BCUT2D eigenvalue weighted by molar-refractivity contribution is -0.125. The molecule has 0 atom stereocenters. The van der Waals surface area contributed by atoms with Crippen LogP contribution in [0, 0.1) is 11.3 Å². The van der Waals surface area contributed by atoms with E-state index in [0.717, 1.165) is 15.8 Å². The van der Waals surface area contributed by atoms with E-state index in [1.165, 1.54) is 11.3 Å². The zero-order chi connectivity index (χ0) is 20.1. The van der Waals surface area contributed by atoms with Crippen LogP contribution in [0.25, 0.3) is 21.3 Å². The van der Waals surface area contributed by atoms with Gasteiger partial charge in [0.2, 0.25) is 11.8 Å². The molecule has 0 spiro atoms. The lowest BCUT2D eigenvalue weighted by atomic mass is 10.1. The molecule has 0 aliphatic rings. The normalized spacial score (nSPS) is 10.5. The molecule has 2 N–H and O–H groups in total. The average Bonchev–Trinajstić information content (AvgIpc) is 3.10. The van der Waals surface area contributed by atoms with Gasteiger partial charge in [0, 0.05) is 5.56 Å². The van der Waals surface area contributed by atoms with Crippen molar-refractivity contribution in [1.82, 2.24) is 15.6 Å². The Hall–Kier alpha value is -2.66. The summed E-state index contributed by atoms with van der Waals surface area (Å²) >= 11 is 14.2. The molecule has 2 aromatic carbocycles. The molecule has 0 aliphatic carbocycles. The number of aromatic nitrogens is 1. The smallest absolute Gasteiger partial charge is 0.240 e. The highest BCUT2D eigenvalue weighted by Gasteiger charge is 2.17. The van der Waals surface area contributed by atoms with Gasteiger partial charge in [-0.25, -0.2) is 4.98 Å². The van der Waals surface area contributed by atoms with Crippen molar-refractivity contribution in [3.05, 3.63) is 51.5 Å². The van der Waals surface area contributed by atoms with Crippen molar-refractivity contribution in [2.45, 2.75) is 6.42 Å². The molecule has 142 valence electrons. The van der Waals surface area contributed by atoms with E-state index in [1.54, 1.807) is 6.07 Å². The van der Waals surface area contributed by atoms with Crippen LogP contribution >= 0.6 is 34.5 Å². The lowest BCUT2D eigenvalue weighted by Gasteiger charge is -2.06. The number of rotatable bonds is 6. The van der Waals surface area contributed by atoms with Crippen molar-refractivity contribution in [3.8, 4) is 17.2 Å². The first-order valence-electron chi connectivity index (χ1n) is 8.22. The van der Waals surface area contributed by atoms with E-state index in [2.05, 4.69) is 15.6 Å². The predicted molar refractivity (Wildman–Crippen MR) is 110 cm³/mol. The van der Waals surface area contributed by atoms with Gasteiger partial charge in [-0.1, -0.05) is 53.5 Å². The van der Waals surface area contributed by atoms with Gasteiger partial charge >= 0.3 is 0 Å². The van der Waals surface area contributed by atoms with E-state index in [-0.39, 0.29) is 25.4 Å². The average molecular weight is 433 g/mol. The summed E-state index contributed by atoms with van der Waals surface area (Å²) in [6.07, 6.45) is 0.0134. The highest BCUT2D eigenvalue weighted by Crippen LogP contribution is 2.40. The molecule has 0 aliphatic heterocycles. The number of carbonyl (C=O) groups is 2. The topological polar surface area (TPSA) is 94.9 Å². The molecule has 0 saturated carbocycles. The second-order valence-electron chi connectivity index (χ2n) is 5.76. The minimum atomic E-state index is -0.429. The highest BCUT2D eigenvalue weighted by atomic mass is 35.5. The van der Waals surface area contributed by atoms with Crippen LogP contribution in [0.2, 0.25) is 10.0 Å². The Morgan fingerprint density at radius 3 is 2.57 bits per heavy atom. The molecule has 3 aromatic rings. The van der Waals surface area contributed by atoms with Gasteiger partial charge in [-0.2, -0.15) is 5.26 Å². The SMILES string of the molecule is N#CCNC(=O)CNC(=O)Cc1nc2c(Cl)c(Cl)c(-c3ccccc3)cc2s1.